The molecule has 1 aliphatic heterocycles. The number of ether oxygens (including phenoxy) is 1. The number of hydrogen-bond donors (Lipinski definition) is 1. The van der Waals surface area contributed by atoms with Gasteiger partial charge in [0.1, 0.15) is 5.75 Å². The molecule has 0 radical (unpaired) electrons. The van der Waals surface area contributed by atoms with Gasteiger partial charge in [-0.1, -0.05) is 69.3 Å². The van der Waals surface area contributed by atoms with Crippen LogP contribution in [0.25, 0.3) is 6.08 Å². The summed E-state index contributed by atoms with van der Waals surface area (Å²) in [5.41, 5.74) is 1.74. The van der Waals surface area contributed by atoms with Crippen LogP contribution in [-0.4, -0.2) is 59.4 Å². The Balaban J connectivity index is 1.93. The molecule has 0 saturated carbocycles. The fraction of sp³-hybridized carbons (Fsp3) is 0.357. The third kappa shape index (κ3) is 5.94. The number of benzene rings is 2. The van der Waals surface area contributed by atoms with Gasteiger partial charge < -0.3 is 19.6 Å². The monoisotopic (exact) mass is 462 g/mol. The Hall–Kier alpha value is -3.38. The predicted molar refractivity (Wildman–Crippen MR) is 135 cm³/mol. The predicted octanol–water partition coefficient (Wildman–Crippen LogP) is 4.80. The van der Waals surface area contributed by atoms with Crippen molar-refractivity contribution >= 4 is 17.8 Å². The highest BCUT2D eigenvalue weighted by Crippen LogP contribution is 2.38. The lowest BCUT2D eigenvalue weighted by Crippen LogP contribution is -2.38. The van der Waals surface area contributed by atoms with E-state index in [4.69, 9.17) is 4.74 Å². The lowest BCUT2D eigenvalue weighted by Gasteiger charge is -2.29. The van der Waals surface area contributed by atoms with Gasteiger partial charge in [-0.25, -0.2) is 0 Å². The van der Waals surface area contributed by atoms with Crippen molar-refractivity contribution in [1.29, 1.82) is 0 Å². The first-order chi connectivity index (χ1) is 16.5. The molecule has 34 heavy (non-hydrogen) atoms. The molecule has 1 amide bonds. The molecule has 2 aromatic carbocycles. The topological polar surface area (TPSA) is 70.1 Å². The number of carbonyl (C=O) groups is 2. The fourth-order valence-corrected chi connectivity index (χ4v) is 4.06. The van der Waals surface area contributed by atoms with E-state index in [1.165, 1.54) is 6.08 Å². The minimum absolute atomic E-state index is 0.110. The molecule has 0 aliphatic carbocycles. The molecule has 180 valence electrons. The van der Waals surface area contributed by atoms with Gasteiger partial charge in [-0.3, -0.25) is 9.59 Å². The Morgan fingerprint density at radius 3 is 2.35 bits per heavy atom. The van der Waals surface area contributed by atoms with E-state index in [2.05, 4.69) is 18.7 Å². The third-order valence-corrected chi connectivity index (χ3v) is 6.02. The van der Waals surface area contributed by atoms with E-state index < -0.39 is 17.7 Å². The highest BCUT2D eigenvalue weighted by molar-refractivity contribution is 6.14. The summed E-state index contributed by atoms with van der Waals surface area (Å²) in [6.45, 7) is 9.58. The van der Waals surface area contributed by atoms with Gasteiger partial charge in [0.2, 0.25) is 0 Å². The lowest BCUT2D eigenvalue weighted by molar-refractivity contribution is -0.129. The molecule has 3 rings (SSSR count). The van der Waals surface area contributed by atoms with Crippen LogP contribution in [-0.2, 0) is 9.59 Å². The number of aliphatic hydroxyl groups excluding tert-OH is 1. The number of likely N-dealkylation sites (N-methyl/N-ethyl adjacent to an activating group) is 1. The van der Waals surface area contributed by atoms with Gasteiger partial charge in [-0.05, 0) is 48.8 Å². The zero-order valence-corrected chi connectivity index (χ0v) is 20.2. The zero-order valence-electron chi connectivity index (χ0n) is 20.2. The number of hydrogen-bond acceptors (Lipinski definition) is 5. The van der Waals surface area contributed by atoms with Crippen LogP contribution in [0.2, 0.25) is 0 Å². The molecule has 0 spiro atoms. The molecule has 0 aromatic heterocycles. The normalized spacial score (nSPS) is 16.2. The van der Waals surface area contributed by atoms with Gasteiger partial charge >= 0.3 is 0 Å². The van der Waals surface area contributed by atoms with E-state index in [1.807, 2.05) is 61.5 Å². The molecule has 1 atom stereocenters. The molecule has 1 unspecified atom stereocenters. The van der Waals surface area contributed by atoms with Gasteiger partial charge in [-0.15, -0.1) is 0 Å². The summed E-state index contributed by atoms with van der Waals surface area (Å²) in [6, 6.07) is 16.2. The summed E-state index contributed by atoms with van der Waals surface area (Å²) in [6.07, 6.45) is 4.03. The second kappa shape index (κ2) is 12.2. The van der Waals surface area contributed by atoms with Crippen molar-refractivity contribution in [3.05, 3.63) is 83.1 Å². The Labute approximate surface area is 202 Å². The zero-order chi connectivity index (χ0) is 24.5. The summed E-state index contributed by atoms with van der Waals surface area (Å²) in [5, 5.41) is 10.8. The summed E-state index contributed by atoms with van der Waals surface area (Å²) in [7, 11) is 0. The van der Waals surface area contributed by atoms with Crippen LogP contribution in [0, 0.1) is 0 Å². The van der Waals surface area contributed by atoms with Gasteiger partial charge in [-0.2, -0.15) is 0 Å². The van der Waals surface area contributed by atoms with Gasteiger partial charge in [0, 0.05) is 13.1 Å². The van der Waals surface area contributed by atoms with Crippen molar-refractivity contribution in [2.24, 2.45) is 0 Å². The number of amides is 1. The molecule has 1 aliphatic rings. The van der Waals surface area contributed by atoms with E-state index in [-0.39, 0.29) is 11.4 Å². The number of rotatable bonds is 12. The molecule has 1 N–H and O–H groups in total. The highest BCUT2D eigenvalue weighted by Gasteiger charge is 2.42. The minimum Gasteiger partial charge on any atom is -0.503 e. The third-order valence-electron chi connectivity index (χ3n) is 6.02. The summed E-state index contributed by atoms with van der Waals surface area (Å²) < 4.78 is 5.69. The molecular weight excluding hydrogens is 428 g/mol. The number of allylic oxidation sites excluding steroid dienone is 1. The van der Waals surface area contributed by atoms with Crippen molar-refractivity contribution in [2.75, 3.05) is 32.8 Å². The number of aliphatic hydroxyl groups is 1. The maximum Gasteiger partial charge on any atom is 0.290 e. The van der Waals surface area contributed by atoms with Crippen LogP contribution in [0.1, 0.15) is 44.4 Å². The summed E-state index contributed by atoms with van der Waals surface area (Å²) in [5.74, 6) is -0.635. The second-order valence-corrected chi connectivity index (χ2v) is 8.22. The first-order valence-corrected chi connectivity index (χ1v) is 12.0. The number of nitrogens with zero attached hydrogens (tertiary/aromatic N) is 2. The lowest BCUT2D eigenvalue weighted by atomic mass is 9.95. The Bertz CT molecular complexity index is 1020. The first kappa shape index (κ1) is 25.2. The van der Waals surface area contributed by atoms with Crippen LogP contribution in [0.15, 0.2) is 72.0 Å². The number of ketones is 1. The van der Waals surface area contributed by atoms with Crippen molar-refractivity contribution in [1.82, 2.24) is 9.80 Å². The van der Waals surface area contributed by atoms with Crippen molar-refractivity contribution in [3.8, 4) is 5.75 Å². The van der Waals surface area contributed by atoms with E-state index in [0.717, 1.165) is 36.4 Å². The van der Waals surface area contributed by atoms with Crippen molar-refractivity contribution < 1.29 is 19.4 Å². The number of carbonyl (C=O) groups excluding carboxylic acids is 2. The van der Waals surface area contributed by atoms with E-state index >= 15 is 0 Å². The Morgan fingerprint density at radius 1 is 1.06 bits per heavy atom. The van der Waals surface area contributed by atoms with Crippen LogP contribution in [0.5, 0.6) is 5.75 Å². The average Bonchev–Trinajstić information content (AvgIpc) is 3.12. The van der Waals surface area contributed by atoms with Crippen molar-refractivity contribution in [2.45, 2.75) is 33.2 Å². The maximum atomic E-state index is 13.2. The van der Waals surface area contributed by atoms with Crippen LogP contribution in [0.4, 0.5) is 0 Å². The molecule has 1 heterocycles. The fourth-order valence-electron chi connectivity index (χ4n) is 4.06. The Morgan fingerprint density at radius 2 is 1.74 bits per heavy atom. The van der Waals surface area contributed by atoms with Crippen molar-refractivity contribution in [3.63, 3.8) is 0 Å². The van der Waals surface area contributed by atoms with Gasteiger partial charge in [0.25, 0.3) is 5.91 Å². The van der Waals surface area contributed by atoms with Crippen LogP contribution < -0.4 is 4.74 Å². The molecule has 0 saturated heterocycles. The average molecular weight is 463 g/mol. The standard InChI is InChI=1S/C28H34N2O4/c1-4-20-34-23-15-13-22(14-16-23)26-25(24(31)17-12-21-10-8-7-9-11-21)27(32)28(33)30(26)19-18-29(5-2)6-3/h7-17,26,32H,4-6,18-20H2,1-3H3. The van der Waals surface area contributed by atoms with Gasteiger partial charge in [0.15, 0.2) is 11.5 Å². The largest absolute Gasteiger partial charge is 0.503 e. The second-order valence-electron chi connectivity index (χ2n) is 8.22. The maximum absolute atomic E-state index is 13.2. The van der Waals surface area contributed by atoms with Crippen LogP contribution >= 0.6 is 0 Å². The van der Waals surface area contributed by atoms with E-state index in [0.29, 0.717) is 19.7 Å². The smallest absolute Gasteiger partial charge is 0.290 e. The summed E-state index contributed by atoms with van der Waals surface area (Å²) in [4.78, 5) is 30.1. The van der Waals surface area contributed by atoms with E-state index in [1.54, 1.807) is 11.0 Å². The van der Waals surface area contributed by atoms with Crippen LogP contribution in [0.3, 0.4) is 0 Å². The molecule has 0 bridgehead atoms. The quantitative estimate of drug-likeness (QED) is 0.459. The molecule has 0 fully saturated rings. The summed E-state index contributed by atoms with van der Waals surface area (Å²) >= 11 is 0. The van der Waals surface area contributed by atoms with E-state index in [9.17, 15) is 14.7 Å². The SMILES string of the molecule is CCCOc1ccc(C2C(C(=O)C=Cc3ccccc3)=C(O)C(=O)N2CCN(CC)CC)cc1. The molecule has 2 aromatic rings. The first-order valence-electron chi connectivity index (χ1n) is 12.0. The van der Waals surface area contributed by atoms with Gasteiger partial charge in [0.05, 0.1) is 18.2 Å². The molecular formula is C28H34N2O4. The minimum atomic E-state index is -0.656. The Kier molecular flexibility index (Phi) is 9.05. The molecule has 6 heteroatoms. The highest BCUT2D eigenvalue weighted by atomic mass is 16.5. The molecule has 6 nitrogen and oxygen atoms in total.